The first-order valence-corrected chi connectivity index (χ1v) is 9.10. The number of carbonyl (C=O) groups excluding carboxylic acids is 1. The number of aliphatic hydroxyl groups excluding tert-OH is 1. The largest absolute Gasteiger partial charge is 0.403 e. The van der Waals surface area contributed by atoms with Crippen molar-refractivity contribution in [2.45, 2.75) is 45.3 Å². The fourth-order valence-electron chi connectivity index (χ4n) is 3.52. The van der Waals surface area contributed by atoms with Crippen LogP contribution in [0.15, 0.2) is 28.7 Å². The van der Waals surface area contributed by atoms with Crippen molar-refractivity contribution in [3.8, 4) is 11.5 Å². The Bertz CT molecular complexity index is 795. The van der Waals surface area contributed by atoms with E-state index in [0.29, 0.717) is 11.3 Å². The van der Waals surface area contributed by atoms with E-state index < -0.39 is 12.1 Å². The predicted octanol–water partition coefficient (Wildman–Crippen LogP) is 2.22. The normalized spacial score (nSPS) is 20.2. The second-order valence-corrected chi connectivity index (χ2v) is 7.65. The molecular weight excluding hydrogens is 332 g/mol. The molecule has 4 rings (SSSR count). The molecule has 1 aromatic carbocycles. The van der Waals surface area contributed by atoms with Gasteiger partial charge in [-0.3, -0.25) is 4.79 Å². The topological polar surface area (TPSA) is 91.5 Å². The minimum atomic E-state index is -0.868. The van der Waals surface area contributed by atoms with Crippen LogP contribution in [0.5, 0.6) is 0 Å². The zero-order chi connectivity index (χ0) is 18.3. The van der Waals surface area contributed by atoms with Gasteiger partial charge >= 0.3 is 6.01 Å². The maximum atomic E-state index is 12.8. The van der Waals surface area contributed by atoms with E-state index in [9.17, 15) is 9.90 Å². The summed E-state index contributed by atoms with van der Waals surface area (Å²) in [4.78, 5) is 14.7. The molecule has 7 heteroatoms. The minimum absolute atomic E-state index is 0.112. The Balaban J connectivity index is 1.47. The van der Waals surface area contributed by atoms with Gasteiger partial charge in [0.2, 0.25) is 11.8 Å². The number of anilines is 1. The third-order valence-electron chi connectivity index (χ3n) is 5.46. The van der Waals surface area contributed by atoms with Crippen molar-refractivity contribution in [3.63, 3.8) is 0 Å². The van der Waals surface area contributed by atoms with Gasteiger partial charge < -0.3 is 19.7 Å². The summed E-state index contributed by atoms with van der Waals surface area (Å²) in [6.45, 7) is 5.14. The van der Waals surface area contributed by atoms with Crippen LogP contribution in [-0.2, 0) is 4.79 Å². The van der Waals surface area contributed by atoms with Crippen molar-refractivity contribution in [1.29, 1.82) is 0 Å². The number of amides is 1. The molecule has 2 aliphatic rings. The highest BCUT2D eigenvalue weighted by molar-refractivity contribution is 5.85. The third kappa shape index (κ3) is 3.31. The summed E-state index contributed by atoms with van der Waals surface area (Å²) in [6, 6.07) is 7.09. The molecule has 1 spiro atoms. The first kappa shape index (κ1) is 17.0. The lowest BCUT2D eigenvalue weighted by Crippen LogP contribution is -2.47. The molecule has 1 aliphatic carbocycles. The zero-order valence-corrected chi connectivity index (χ0v) is 15.1. The van der Waals surface area contributed by atoms with Crippen LogP contribution in [0.1, 0.15) is 31.7 Å². The summed E-state index contributed by atoms with van der Waals surface area (Å²) in [5.41, 5.74) is 2.30. The molecule has 1 saturated carbocycles. The zero-order valence-electron chi connectivity index (χ0n) is 15.1. The Kier molecular flexibility index (Phi) is 4.19. The van der Waals surface area contributed by atoms with Gasteiger partial charge in [-0.2, -0.15) is 0 Å². The molecule has 0 radical (unpaired) electrons. The molecule has 2 aromatic rings. The quantitative estimate of drug-likeness (QED) is 0.853. The number of aromatic nitrogens is 2. The Hall–Kier alpha value is -2.41. The Morgan fingerprint density at radius 3 is 2.62 bits per heavy atom. The number of aliphatic hydroxyl groups is 1. The number of nitrogens with one attached hydrogen (secondary N) is 1. The van der Waals surface area contributed by atoms with Gasteiger partial charge in [-0.05, 0) is 50.7 Å². The molecule has 0 bridgehead atoms. The number of benzene rings is 1. The van der Waals surface area contributed by atoms with Gasteiger partial charge in [-0.1, -0.05) is 22.8 Å². The molecule has 2 atom stereocenters. The van der Waals surface area contributed by atoms with E-state index in [1.54, 1.807) is 6.92 Å². The monoisotopic (exact) mass is 356 g/mol. The maximum Gasteiger partial charge on any atom is 0.316 e. The molecule has 2 heterocycles. The first-order chi connectivity index (χ1) is 12.5. The molecule has 2 fully saturated rings. The van der Waals surface area contributed by atoms with Gasteiger partial charge in [-0.15, -0.1) is 5.10 Å². The summed E-state index contributed by atoms with van der Waals surface area (Å²) in [5, 5.41) is 21.0. The fourth-order valence-corrected chi connectivity index (χ4v) is 3.52. The number of aryl methyl sites for hydroxylation is 1. The van der Waals surface area contributed by atoms with Crippen LogP contribution in [0.25, 0.3) is 11.5 Å². The SMILES string of the molecule is Cc1ccc(-c2nnc(N[C@@H](C(=O)N3CCC4(CC4)C3)[C@@H](C)O)o2)cc1. The van der Waals surface area contributed by atoms with Gasteiger partial charge in [0.1, 0.15) is 6.04 Å². The Morgan fingerprint density at radius 2 is 2.00 bits per heavy atom. The predicted molar refractivity (Wildman–Crippen MR) is 96.4 cm³/mol. The van der Waals surface area contributed by atoms with E-state index in [0.717, 1.165) is 30.6 Å². The molecule has 2 N–H and O–H groups in total. The summed E-state index contributed by atoms with van der Waals surface area (Å²) in [6.07, 6.45) is 2.59. The highest BCUT2D eigenvalue weighted by atomic mass is 16.4. The fraction of sp³-hybridized carbons (Fsp3) is 0.526. The molecule has 1 saturated heterocycles. The lowest BCUT2D eigenvalue weighted by Gasteiger charge is -2.25. The third-order valence-corrected chi connectivity index (χ3v) is 5.46. The smallest absolute Gasteiger partial charge is 0.316 e. The molecule has 0 unspecified atom stereocenters. The van der Waals surface area contributed by atoms with Gasteiger partial charge in [0.25, 0.3) is 0 Å². The molecule has 26 heavy (non-hydrogen) atoms. The summed E-state index contributed by atoms with van der Waals surface area (Å²) in [7, 11) is 0. The summed E-state index contributed by atoms with van der Waals surface area (Å²) < 4.78 is 5.64. The highest BCUT2D eigenvalue weighted by Gasteiger charge is 2.49. The van der Waals surface area contributed by atoms with Crippen molar-refractivity contribution in [2.24, 2.45) is 5.41 Å². The van der Waals surface area contributed by atoms with Crippen molar-refractivity contribution < 1.29 is 14.3 Å². The van der Waals surface area contributed by atoms with E-state index in [4.69, 9.17) is 4.42 Å². The lowest BCUT2D eigenvalue weighted by atomic mass is 10.1. The molecule has 1 aromatic heterocycles. The number of hydrogen-bond acceptors (Lipinski definition) is 6. The van der Waals surface area contributed by atoms with Crippen LogP contribution in [-0.4, -0.2) is 51.3 Å². The van der Waals surface area contributed by atoms with E-state index in [2.05, 4.69) is 15.5 Å². The summed E-state index contributed by atoms with van der Waals surface area (Å²) in [5.74, 6) is 0.265. The van der Waals surface area contributed by atoms with Crippen LogP contribution < -0.4 is 5.32 Å². The number of carbonyl (C=O) groups is 1. The van der Waals surface area contributed by atoms with E-state index >= 15 is 0 Å². The van der Waals surface area contributed by atoms with Gasteiger partial charge in [0.15, 0.2) is 0 Å². The van der Waals surface area contributed by atoms with Gasteiger partial charge in [-0.25, -0.2) is 0 Å². The molecule has 1 aliphatic heterocycles. The number of nitrogens with zero attached hydrogens (tertiary/aromatic N) is 3. The minimum Gasteiger partial charge on any atom is -0.403 e. The maximum absolute atomic E-state index is 12.8. The average Bonchev–Trinajstić information content (AvgIpc) is 3.03. The second-order valence-electron chi connectivity index (χ2n) is 7.65. The van der Waals surface area contributed by atoms with Gasteiger partial charge in [0, 0.05) is 18.7 Å². The highest BCUT2D eigenvalue weighted by Crippen LogP contribution is 2.52. The second kappa shape index (κ2) is 6.39. The Morgan fingerprint density at radius 1 is 1.27 bits per heavy atom. The Labute approximate surface area is 152 Å². The van der Waals surface area contributed by atoms with Gasteiger partial charge in [0.05, 0.1) is 6.10 Å². The van der Waals surface area contributed by atoms with E-state index in [1.807, 2.05) is 36.1 Å². The summed E-state index contributed by atoms with van der Waals surface area (Å²) >= 11 is 0. The molecule has 138 valence electrons. The first-order valence-electron chi connectivity index (χ1n) is 9.10. The molecule has 7 nitrogen and oxygen atoms in total. The van der Waals surface area contributed by atoms with Crippen molar-refractivity contribution >= 4 is 11.9 Å². The molecular formula is C19H24N4O3. The standard InChI is InChI=1S/C19H24N4O3/c1-12-3-5-14(6-4-12)16-21-22-18(26-16)20-15(13(2)24)17(25)23-10-9-19(11-23)7-8-19/h3-6,13,15,24H,7-11H2,1-2H3,(H,20,22)/t13-,15-/m1/s1. The van der Waals surface area contributed by atoms with E-state index in [-0.39, 0.29) is 11.9 Å². The van der Waals surface area contributed by atoms with Crippen LogP contribution in [0.4, 0.5) is 6.01 Å². The van der Waals surface area contributed by atoms with Crippen molar-refractivity contribution in [2.75, 3.05) is 18.4 Å². The van der Waals surface area contributed by atoms with Crippen LogP contribution in [0, 0.1) is 12.3 Å². The van der Waals surface area contributed by atoms with Crippen molar-refractivity contribution in [1.82, 2.24) is 15.1 Å². The molecule has 1 amide bonds. The van der Waals surface area contributed by atoms with Crippen molar-refractivity contribution in [3.05, 3.63) is 29.8 Å². The number of rotatable bonds is 5. The van der Waals surface area contributed by atoms with Crippen LogP contribution >= 0.6 is 0 Å². The lowest BCUT2D eigenvalue weighted by molar-refractivity contribution is -0.133. The number of likely N-dealkylation sites (tertiary alicyclic amines) is 1. The van der Waals surface area contributed by atoms with Crippen LogP contribution in [0.3, 0.4) is 0 Å². The average molecular weight is 356 g/mol. The van der Waals surface area contributed by atoms with E-state index in [1.165, 1.54) is 12.8 Å². The number of hydrogen-bond donors (Lipinski definition) is 2. The van der Waals surface area contributed by atoms with Crippen LogP contribution in [0.2, 0.25) is 0 Å².